The Hall–Kier alpha value is -0.610. The van der Waals surface area contributed by atoms with Gasteiger partial charge in [0, 0.05) is 18.0 Å². The zero-order valence-corrected chi connectivity index (χ0v) is 7.78. The minimum Gasteiger partial charge on any atom is -0.360 e. The van der Waals surface area contributed by atoms with Crippen LogP contribution >= 0.6 is 11.3 Å². The first kappa shape index (κ1) is 8.01. The van der Waals surface area contributed by atoms with E-state index < -0.39 is 0 Å². The normalized spacial score (nSPS) is 14.8. The first-order valence-corrected chi connectivity index (χ1v) is 5.14. The molecule has 3 N–H and O–H groups in total. The average Bonchev–Trinajstić information content (AvgIpc) is 2.58. The second-order valence-corrected chi connectivity index (χ2v) is 4.04. The quantitative estimate of drug-likeness (QED) is 0.735. The van der Waals surface area contributed by atoms with Gasteiger partial charge in [-0.15, -0.1) is 11.3 Å². The van der Waals surface area contributed by atoms with E-state index in [1.165, 1.54) is 23.4 Å². The molecule has 0 amide bonds. The van der Waals surface area contributed by atoms with Crippen LogP contribution in [0.3, 0.4) is 0 Å². The Bertz CT molecular complexity index is 248. The number of nitrogens with one attached hydrogen (secondary N) is 1. The molecule has 1 aliphatic rings. The fourth-order valence-corrected chi connectivity index (χ4v) is 2.52. The molecule has 0 atom stereocenters. The highest BCUT2D eigenvalue weighted by molar-refractivity contribution is 7.15. The lowest BCUT2D eigenvalue weighted by Crippen LogP contribution is -2.12. The second-order valence-electron chi connectivity index (χ2n) is 2.96. The Morgan fingerprint density at radius 1 is 1.50 bits per heavy atom. The number of fused-ring (bicyclic) bond motifs is 1. The van der Waals surface area contributed by atoms with Gasteiger partial charge in [0.25, 0.3) is 0 Å². The van der Waals surface area contributed by atoms with Gasteiger partial charge >= 0.3 is 0 Å². The van der Waals surface area contributed by atoms with E-state index in [1.807, 2.05) is 0 Å². The molecule has 0 aromatic carbocycles. The highest BCUT2D eigenvalue weighted by Gasteiger charge is 2.15. The van der Waals surface area contributed by atoms with Crippen molar-refractivity contribution in [3.8, 4) is 0 Å². The highest BCUT2D eigenvalue weighted by atomic mass is 32.1. The molecule has 4 heteroatoms. The summed E-state index contributed by atoms with van der Waals surface area (Å²) < 4.78 is 0. The average molecular weight is 183 g/mol. The van der Waals surface area contributed by atoms with Crippen LogP contribution in [0, 0.1) is 0 Å². The van der Waals surface area contributed by atoms with Crippen molar-refractivity contribution < 1.29 is 0 Å². The molecule has 0 aliphatic heterocycles. The monoisotopic (exact) mass is 183 g/mol. The molecule has 66 valence electrons. The van der Waals surface area contributed by atoms with Crippen LogP contribution < -0.4 is 11.1 Å². The van der Waals surface area contributed by atoms with Gasteiger partial charge in [0.1, 0.15) is 0 Å². The van der Waals surface area contributed by atoms with Gasteiger partial charge in [-0.05, 0) is 19.3 Å². The molecule has 0 saturated carbocycles. The van der Waals surface area contributed by atoms with E-state index in [4.69, 9.17) is 5.73 Å². The number of nitrogens with two attached hydrogens (primary N) is 1. The minimum absolute atomic E-state index is 0.671. The van der Waals surface area contributed by atoms with E-state index in [0.717, 1.165) is 18.1 Å². The van der Waals surface area contributed by atoms with Crippen molar-refractivity contribution in [2.24, 2.45) is 5.73 Å². The summed E-state index contributed by atoms with van der Waals surface area (Å²) in [4.78, 5) is 5.95. The van der Waals surface area contributed by atoms with Gasteiger partial charge in [-0.2, -0.15) is 0 Å². The Kier molecular flexibility index (Phi) is 2.28. The lowest BCUT2D eigenvalue weighted by Gasteiger charge is -1.97. The predicted molar refractivity (Wildman–Crippen MR) is 51.7 cm³/mol. The van der Waals surface area contributed by atoms with Crippen molar-refractivity contribution in [2.75, 3.05) is 18.4 Å². The summed E-state index contributed by atoms with van der Waals surface area (Å²) in [7, 11) is 0. The molecule has 1 heterocycles. The molecular weight excluding hydrogens is 170 g/mol. The van der Waals surface area contributed by atoms with Crippen molar-refractivity contribution in [1.82, 2.24) is 4.98 Å². The molecule has 0 radical (unpaired) electrons. The second kappa shape index (κ2) is 3.41. The summed E-state index contributed by atoms with van der Waals surface area (Å²) >= 11 is 1.78. The molecule has 2 rings (SSSR count). The van der Waals surface area contributed by atoms with E-state index in [9.17, 15) is 0 Å². The zero-order valence-electron chi connectivity index (χ0n) is 6.97. The van der Waals surface area contributed by atoms with Crippen LogP contribution in [-0.4, -0.2) is 18.1 Å². The number of nitrogens with zero attached hydrogens (tertiary/aromatic N) is 1. The fraction of sp³-hybridized carbons (Fsp3) is 0.625. The van der Waals surface area contributed by atoms with E-state index >= 15 is 0 Å². The summed E-state index contributed by atoms with van der Waals surface area (Å²) in [5, 5.41) is 4.25. The summed E-state index contributed by atoms with van der Waals surface area (Å²) in [5.41, 5.74) is 6.69. The molecule has 3 nitrogen and oxygen atoms in total. The van der Waals surface area contributed by atoms with Crippen LogP contribution in [0.2, 0.25) is 0 Å². The standard InChI is InChI=1S/C8H13N3S/c9-4-5-10-8-11-6-2-1-3-7(6)12-8/h1-5,9H2,(H,10,11). The topological polar surface area (TPSA) is 50.9 Å². The smallest absolute Gasteiger partial charge is 0.183 e. The van der Waals surface area contributed by atoms with Crippen molar-refractivity contribution >= 4 is 16.5 Å². The lowest BCUT2D eigenvalue weighted by atomic mass is 10.4. The summed E-state index contributed by atoms with van der Waals surface area (Å²) in [6, 6.07) is 0. The summed E-state index contributed by atoms with van der Waals surface area (Å²) in [5.74, 6) is 0. The third kappa shape index (κ3) is 1.44. The molecule has 0 saturated heterocycles. The Morgan fingerprint density at radius 3 is 3.17 bits per heavy atom. The number of aromatic nitrogens is 1. The van der Waals surface area contributed by atoms with Crippen molar-refractivity contribution in [2.45, 2.75) is 19.3 Å². The molecule has 0 unspecified atom stereocenters. The predicted octanol–water partition coefficient (Wildman–Crippen LogP) is 1.00. The summed E-state index contributed by atoms with van der Waals surface area (Å²) in [6.07, 6.45) is 3.67. The third-order valence-corrected chi connectivity index (χ3v) is 3.13. The van der Waals surface area contributed by atoms with Gasteiger partial charge < -0.3 is 11.1 Å². The van der Waals surface area contributed by atoms with Crippen LogP contribution in [-0.2, 0) is 12.8 Å². The molecule has 1 aliphatic carbocycles. The fourth-order valence-electron chi connectivity index (χ4n) is 1.45. The molecule has 0 bridgehead atoms. The van der Waals surface area contributed by atoms with Gasteiger partial charge in [-0.25, -0.2) is 4.98 Å². The number of rotatable bonds is 3. The maximum atomic E-state index is 5.38. The molecule has 1 aromatic heterocycles. The number of hydrogen-bond donors (Lipinski definition) is 2. The SMILES string of the molecule is NCCNc1nc2c(s1)CCC2. The minimum atomic E-state index is 0.671. The maximum absolute atomic E-state index is 5.38. The molecule has 12 heavy (non-hydrogen) atoms. The third-order valence-electron chi connectivity index (χ3n) is 2.02. The van der Waals surface area contributed by atoms with Crippen molar-refractivity contribution in [3.63, 3.8) is 0 Å². The molecule has 0 fully saturated rings. The molecule has 0 spiro atoms. The van der Waals surface area contributed by atoms with Crippen LogP contribution in [0.15, 0.2) is 0 Å². The van der Waals surface area contributed by atoms with Gasteiger partial charge in [-0.3, -0.25) is 0 Å². The highest BCUT2D eigenvalue weighted by Crippen LogP contribution is 2.29. The van der Waals surface area contributed by atoms with Crippen molar-refractivity contribution in [1.29, 1.82) is 0 Å². The number of hydrogen-bond acceptors (Lipinski definition) is 4. The van der Waals surface area contributed by atoms with E-state index in [-0.39, 0.29) is 0 Å². The van der Waals surface area contributed by atoms with Crippen LogP contribution in [0.4, 0.5) is 5.13 Å². The zero-order chi connectivity index (χ0) is 8.39. The van der Waals surface area contributed by atoms with Crippen LogP contribution in [0.1, 0.15) is 17.0 Å². The first-order valence-electron chi connectivity index (χ1n) is 4.32. The Labute approximate surface area is 76.0 Å². The largest absolute Gasteiger partial charge is 0.360 e. The van der Waals surface area contributed by atoms with Crippen molar-refractivity contribution in [3.05, 3.63) is 10.6 Å². The lowest BCUT2D eigenvalue weighted by molar-refractivity contribution is 0.898. The van der Waals surface area contributed by atoms with Gasteiger partial charge in [0.05, 0.1) is 5.69 Å². The Morgan fingerprint density at radius 2 is 2.42 bits per heavy atom. The van der Waals surface area contributed by atoms with Crippen LogP contribution in [0.5, 0.6) is 0 Å². The molecular formula is C8H13N3S. The number of aryl methyl sites for hydroxylation is 2. The van der Waals surface area contributed by atoms with Crippen LogP contribution in [0.25, 0.3) is 0 Å². The Balaban J connectivity index is 2.05. The number of thiazole rings is 1. The van der Waals surface area contributed by atoms with Gasteiger partial charge in [0.2, 0.25) is 0 Å². The first-order chi connectivity index (χ1) is 5.90. The van der Waals surface area contributed by atoms with Gasteiger partial charge in [-0.1, -0.05) is 0 Å². The number of anilines is 1. The summed E-state index contributed by atoms with van der Waals surface area (Å²) in [6.45, 7) is 1.50. The van der Waals surface area contributed by atoms with E-state index in [0.29, 0.717) is 6.54 Å². The maximum Gasteiger partial charge on any atom is 0.183 e. The molecule has 1 aromatic rings. The van der Waals surface area contributed by atoms with Gasteiger partial charge in [0.15, 0.2) is 5.13 Å². The van der Waals surface area contributed by atoms with E-state index in [2.05, 4.69) is 10.3 Å². The van der Waals surface area contributed by atoms with E-state index in [1.54, 1.807) is 11.3 Å².